The number of nitrogens with zero attached hydrogens (tertiary/aromatic N) is 1. The normalized spacial score (nSPS) is 19.8. The Labute approximate surface area is 212 Å². The molecule has 10 heteroatoms. The quantitative estimate of drug-likeness (QED) is 0.611. The zero-order valence-electron chi connectivity index (χ0n) is 21.0. The van der Waals surface area contributed by atoms with Crippen LogP contribution >= 0.6 is 0 Å². The Morgan fingerprint density at radius 2 is 1.89 bits per heavy atom. The van der Waals surface area contributed by atoms with Crippen molar-refractivity contribution in [2.45, 2.75) is 51.2 Å². The highest BCUT2D eigenvalue weighted by atomic mass is 32.2. The molecule has 0 aromatic heterocycles. The van der Waals surface area contributed by atoms with Crippen molar-refractivity contribution in [3.8, 4) is 5.75 Å². The number of nitrogens with one attached hydrogen (secondary N) is 2. The molecule has 2 aromatic rings. The van der Waals surface area contributed by atoms with E-state index in [0.29, 0.717) is 35.8 Å². The van der Waals surface area contributed by atoms with E-state index in [0.717, 1.165) is 24.7 Å². The molecule has 2 aliphatic heterocycles. The molecule has 2 unspecified atom stereocenters. The van der Waals surface area contributed by atoms with Gasteiger partial charge in [0.15, 0.2) is 6.10 Å². The zero-order chi connectivity index (χ0) is 26.1. The molecule has 0 aliphatic carbocycles. The molecular formula is C26H33N3O6S. The third-order valence-electron chi connectivity index (χ3n) is 6.33. The lowest BCUT2D eigenvalue weighted by Crippen LogP contribution is -2.48. The molecule has 4 rings (SSSR count). The largest absolute Gasteiger partial charge is 0.476 e. The Kier molecular flexibility index (Phi) is 7.28. The third-order valence-corrected chi connectivity index (χ3v) is 7.48. The molecule has 2 atom stereocenters. The topological polar surface area (TPSA) is 114 Å². The Bertz CT molecular complexity index is 1250. The van der Waals surface area contributed by atoms with Gasteiger partial charge in [0.05, 0.1) is 35.8 Å². The van der Waals surface area contributed by atoms with Crippen LogP contribution in [0.15, 0.2) is 42.5 Å². The Hall–Kier alpha value is -3.11. The van der Waals surface area contributed by atoms with E-state index < -0.39 is 22.0 Å². The van der Waals surface area contributed by atoms with Gasteiger partial charge in [-0.25, -0.2) is 8.42 Å². The van der Waals surface area contributed by atoms with E-state index in [1.165, 1.54) is 4.31 Å². The van der Waals surface area contributed by atoms with Crippen molar-refractivity contribution >= 4 is 33.2 Å². The number of hydrogen-bond donors (Lipinski definition) is 2. The molecule has 0 spiro atoms. The van der Waals surface area contributed by atoms with Crippen LogP contribution in [0.25, 0.3) is 0 Å². The van der Waals surface area contributed by atoms with Gasteiger partial charge in [0, 0.05) is 13.2 Å². The van der Waals surface area contributed by atoms with E-state index in [9.17, 15) is 18.0 Å². The number of fused-ring (bicyclic) bond motifs is 1. The van der Waals surface area contributed by atoms with Gasteiger partial charge < -0.3 is 20.1 Å². The second kappa shape index (κ2) is 10.1. The number of sulfonamides is 1. The van der Waals surface area contributed by atoms with E-state index in [4.69, 9.17) is 9.47 Å². The Morgan fingerprint density at radius 3 is 2.56 bits per heavy atom. The van der Waals surface area contributed by atoms with Gasteiger partial charge in [-0.3, -0.25) is 13.9 Å². The van der Waals surface area contributed by atoms with Crippen molar-refractivity contribution < 1.29 is 27.5 Å². The molecule has 2 N–H and O–H groups in total. The fourth-order valence-corrected chi connectivity index (χ4v) is 5.18. The summed E-state index contributed by atoms with van der Waals surface area (Å²) in [7, 11) is -3.68. The molecular weight excluding hydrogens is 482 g/mol. The number of para-hydroxylation sites is 1. The van der Waals surface area contributed by atoms with Crippen LogP contribution in [0.1, 0.15) is 49.5 Å². The summed E-state index contributed by atoms with van der Waals surface area (Å²) in [5.41, 5.74) is 1.78. The van der Waals surface area contributed by atoms with Gasteiger partial charge in [-0.15, -0.1) is 0 Å². The summed E-state index contributed by atoms with van der Waals surface area (Å²) in [4.78, 5) is 26.0. The van der Waals surface area contributed by atoms with Crippen molar-refractivity contribution in [2.24, 2.45) is 0 Å². The summed E-state index contributed by atoms with van der Waals surface area (Å²) < 4.78 is 38.0. The maximum atomic E-state index is 13.2. The maximum absolute atomic E-state index is 13.2. The van der Waals surface area contributed by atoms with Crippen LogP contribution in [-0.4, -0.2) is 58.4 Å². The molecule has 194 valence electrons. The molecule has 36 heavy (non-hydrogen) atoms. The van der Waals surface area contributed by atoms with Crippen LogP contribution < -0.4 is 19.7 Å². The number of anilines is 2. The lowest BCUT2D eigenvalue weighted by Gasteiger charge is -2.35. The third kappa shape index (κ3) is 5.82. The van der Waals surface area contributed by atoms with Crippen molar-refractivity contribution in [3.63, 3.8) is 0 Å². The van der Waals surface area contributed by atoms with Gasteiger partial charge in [-0.1, -0.05) is 39.0 Å². The van der Waals surface area contributed by atoms with Crippen molar-refractivity contribution in [3.05, 3.63) is 53.6 Å². The molecule has 0 saturated carbocycles. The molecule has 2 heterocycles. The van der Waals surface area contributed by atoms with Gasteiger partial charge >= 0.3 is 0 Å². The average molecular weight is 516 g/mol. The zero-order valence-corrected chi connectivity index (χ0v) is 21.9. The van der Waals surface area contributed by atoms with Gasteiger partial charge in [0.2, 0.25) is 10.0 Å². The first kappa shape index (κ1) is 26.0. The van der Waals surface area contributed by atoms with E-state index in [-0.39, 0.29) is 24.0 Å². The summed E-state index contributed by atoms with van der Waals surface area (Å²) in [6, 6.07) is 12.0. The summed E-state index contributed by atoms with van der Waals surface area (Å²) in [6.45, 7) is 7.01. The number of carbonyl (C=O) groups excluding carboxylic acids is 2. The maximum Gasteiger partial charge on any atom is 0.267 e. The predicted octanol–water partition coefficient (Wildman–Crippen LogP) is 3.06. The van der Waals surface area contributed by atoms with Crippen molar-refractivity contribution in [1.29, 1.82) is 0 Å². The molecule has 1 fully saturated rings. The lowest BCUT2D eigenvalue weighted by molar-refractivity contribution is -0.122. The lowest BCUT2D eigenvalue weighted by atomic mass is 9.86. The number of hydrogen-bond acceptors (Lipinski definition) is 6. The smallest absolute Gasteiger partial charge is 0.267 e. The van der Waals surface area contributed by atoms with Crippen LogP contribution in [0, 0.1) is 0 Å². The summed E-state index contributed by atoms with van der Waals surface area (Å²) in [5, 5.41) is 5.61. The minimum Gasteiger partial charge on any atom is -0.476 e. The van der Waals surface area contributed by atoms with Crippen LogP contribution in [0.3, 0.4) is 0 Å². The number of carbonyl (C=O) groups is 2. The minimum absolute atomic E-state index is 0.00724. The van der Waals surface area contributed by atoms with Gasteiger partial charge in [0.1, 0.15) is 5.75 Å². The fraction of sp³-hybridized carbons (Fsp3) is 0.462. The van der Waals surface area contributed by atoms with E-state index in [1.54, 1.807) is 36.4 Å². The average Bonchev–Trinajstić information content (AvgIpc) is 3.34. The van der Waals surface area contributed by atoms with E-state index >= 15 is 0 Å². The van der Waals surface area contributed by atoms with Crippen molar-refractivity contribution in [1.82, 2.24) is 5.32 Å². The first-order chi connectivity index (χ1) is 16.9. The van der Waals surface area contributed by atoms with E-state index in [2.05, 4.69) is 10.6 Å². The first-order valence-electron chi connectivity index (χ1n) is 12.0. The monoisotopic (exact) mass is 515 g/mol. The summed E-state index contributed by atoms with van der Waals surface area (Å²) in [6.07, 6.45) is 1.87. The van der Waals surface area contributed by atoms with Gasteiger partial charge in [-0.05, 0) is 48.1 Å². The van der Waals surface area contributed by atoms with Gasteiger partial charge in [-0.2, -0.15) is 0 Å². The predicted molar refractivity (Wildman–Crippen MR) is 138 cm³/mol. The summed E-state index contributed by atoms with van der Waals surface area (Å²) >= 11 is 0. The molecule has 9 nitrogen and oxygen atoms in total. The highest BCUT2D eigenvalue weighted by Gasteiger charge is 2.36. The number of benzene rings is 2. The van der Waals surface area contributed by atoms with Crippen LogP contribution in [0.5, 0.6) is 5.75 Å². The summed E-state index contributed by atoms with van der Waals surface area (Å²) in [5.74, 6) is -0.570. The highest BCUT2D eigenvalue weighted by molar-refractivity contribution is 7.92. The van der Waals surface area contributed by atoms with Crippen LogP contribution in [0.4, 0.5) is 11.4 Å². The standard InChI is InChI=1S/C26H33N3O6S/c1-26(2,3)17-11-12-22-21(14-17)29(36(4,32)33)16-23(35-22)25(31)28-20-10-6-5-9-19(20)24(30)27-15-18-8-7-13-34-18/h5-6,9-12,14,18,23H,7-8,13,15-16H2,1-4H3,(H,27,30)(H,28,31). The molecule has 2 aromatic carbocycles. The second-order valence-electron chi connectivity index (χ2n) is 10.2. The molecule has 0 bridgehead atoms. The minimum atomic E-state index is -3.68. The van der Waals surface area contributed by atoms with Crippen LogP contribution in [0.2, 0.25) is 0 Å². The molecule has 0 radical (unpaired) electrons. The molecule has 1 saturated heterocycles. The first-order valence-corrected chi connectivity index (χ1v) is 13.9. The molecule has 2 aliphatic rings. The highest BCUT2D eigenvalue weighted by Crippen LogP contribution is 2.38. The Balaban J connectivity index is 1.53. The number of ether oxygens (including phenoxy) is 2. The second-order valence-corrected chi connectivity index (χ2v) is 12.1. The Morgan fingerprint density at radius 1 is 1.14 bits per heavy atom. The van der Waals surface area contributed by atoms with Crippen molar-refractivity contribution in [2.75, 3.05) is 35.6 Å². The van der Waals surface area contributed by atoms with Gasteiger partial charge in [0.25, 0.3) is 11.8 Å². The number of rotatable bonds is 6. The molecule has 2 amide bonds. The number of amides is 2. The van der Waals surface area contributed by atoms with Crippen LogP contribution in [-0.2, 0) is 25.0 Å². The fourth-order valence-electron chi connectivity index (χ4n) is 4.28. The SMILES string of the molecule is CC(C)(C)c1ccc2c(c1)N(S(C)(=O)=O)CC(C(=O)Nc1ccccc1C(=O)NCC1CCCO1)O2. The van der Waals surface area contributed by atoms with E-state index in [1.807, 2.05) is 26.8 Å².